The highest BCUT2D eigenvalue weighted by Crippen LogP contribution is 2.34. The van der Waals surface area contributed by atoms with Crippen molar-refractivity contribution in [1.29, 1.82) is 0 Å². The number of nitrogens with one attached hydrogen (secondary N) is 1. The van der Waals surface area contributed by atoms with Gasteiger partial charge < -0.3 is 19.9 Å². The van der Waals surface area contributed by atoms with E-state index in [0.29, 0.717) is 30.1 Å². The van der Waals surface area contributed by atoms with Crippen LogP contribution in [0.4, 0.5) is 11.4 Å². The highest BCUT2D eigenvalue weighted by Gasteiger charge is 2.22. The Morgan fingerprint density at radius 2 is 1.49 bits per heavy atom. The molecule has 3 aromatic carbocycles. The van der Waals surface area contributed by atoms with E-state index in [1.807, 2.05) is 53.4 Å². The van der Waals surface area contributed by atoms with Crippen LogP contribution >= 0.6 is 23.2 Å². The third-order valence-corrected chi connectivity index (χ3v) is 6.69. The molecule has 1 saturated heterocycles. The van der Waals surface area contributed by atoms with E-state index in [0.717, 1.165) is 30.8 Å². The molecule has 2 amide bonds. The van der Waals surface area contributed by atoms with Crippen LogP contribution in [0.15, 0.2) is 60.7 Å². The topological polar surface area (TPSA) is 61.9 Å². The van der Waals surface area contributed by atoms with Crippen LogP contribution in [0.3, 0.4) is 0 Å². The second-order valence-corrected chi connectivity index (χ2v) is 9.12. The third-order valence-electron chi connectivity index (χ3n) is 6.13. The molecular weight excluding hydrogens is 485 g/mol. The molecule has 0 unspecified atom stereocenters. The van der Waals surface area contributed by atoms with Crippen LogP contribution in [0.25, 0.3) is 0 Å². The third kappa shape index (κ3) is 5.72. The number of methoxy groups -OCH3 is 1. The van der Waals surface area contributed by atoms with Gasteiger partial charge in [-0.3, -0.25) is 9.59 Å². The maximum atomic E-state index is 12.8. The standard InChI is InChI=1S/C27H27Cl2N3O3/c1-3-18-4-6-19(7-5-18)27(34)32-14-12-31(13-15-32)22-10-8-21(9-11-22)30-26(33)20-16-23(28)25(35-2)24(29)17-20/h4-11,16-17H,3,12-15H2,1-2H3,(H,30,33). The van der Waals surface area contributed by atoms with Gasteiger partial charge in [-0.25, -0.2) is 0 Å². The van der Waals surface area contributed by atoms with Crippen molar-refractivity contribution in [2.45, 2.75) is 13.3 Å². The number of hydrogen-bond donors (Lipinski definition) is 1. The molecule has 0 bridgehead atoms. The van der Waals surface area contributed by atoms with Crippen molar-refractivity contribution >= 4 is 46.4 Å². The first-order chi connectivity index (χ1) is 16.9. The quantitative estimate of drug-likeness (QED) is 0.455. The lowest BCUT2D eigenvalue weighted by Crippen LogP contribution is -2.48. The predicted octanol–water partition coefficient (Wildman–Crippen LogP) is 5.78. The Hall–Kier alpha value is -3.22. The fourth-order valence-electron chi connectivity index (χ4n) is 4.08. The minimum Gasteiger partial charge on any atom is -0.494 e. The second-order valence-electron chi connectivity index (χ2n) is 8.30. The Balaban J connectivity index is 1.34. The molecular formula is C27H27Cl2N3O3. The average Bonchev–Trinajstić information content (AvgIpc) is 2.88. The zero-order valence-corrected chi connectivity index (χ0v) is 21.2. The molecule has 182 valence electrons. The number of ether oxygens (including phenoxy) is 1. The van der Waals surface area contributed by atoms with Gasteiger partial charge >= 0.3 is 0 Å². The van der Waals surface area contributed by atoms with Crippen LogP contribution in [0, 0.1) is 0 Å². The SMILES string of the molecule is CCc1ccc(C(=O)N2CCN(c3ccc(NC(=O)c4cc(Cl)c(OC)c(Cl)c4)cc3)CC2)cc1. The minimum absolute atomic E-state index is 0.0732. The lowest BCUT2D eigenvalue weighted by atomic mass is 10.1. The molecule has 1 aliphatic heterocycles. The molecule has 8 heteroatoms. The highest BCUT2D eigenvalue weighted by molar-refractivity contribution is 6.37. The van der Waals surface area contributed by atoms with E-state index in [1.165, 1.54) is 24.8 Å². The van der Waals surface area contributed by atoms with Gasteiger partial charge in [0, 0.05) is 48.7 Å². The number of hydrogen-bond acceptors (Lipinski definition) is 4. The number of anilines is 2. The van der Waals surface area contributed by atoms with E-state index in [9.17, 15) is 9.59 Å². The van der Waals surface area contributed by atoms with E-state index in [2.05, 4.69) is 17.1 Å². The number of halogens is 2. The Bertz CT molecular complexity index is 1180. The summed E-state index contributed by atoms with van der Waals surface area (Å²) in [5.41, 5.74) is 4.00. The number of carbonyl (C=O) groups excluding carboxylic acids is 2. The zero-order chi connectivity index (χ0) is 24.9. The summed E-state index contributed by atoms with van der Waals surface area (Å²) in [4.78, 5) is 29.6. The van der Waals surface area contributed by atoms with E-state index in [1.54, 1.807) is 0 Å². The van der Waals surface area contributed by atoms with Crippen LogP contribution < -0.4 is 15.0 Å². The summed E-state index contributed by atoms with van der Waals surface area (Å²) in [6.45, 7) is 4.90. The smallest absolute Gasteiger partial charge is 0.255 e. The highest BCUT2D eigenvalue weighted by atomic mass is 35.5. The van der Waals surface area contributed by atoms with Crippen molar-refractivity contribution < 1.29 is 14.3 Å². The van der Waals surface area contributed by atoms with Gasteiger partial charge in [0.25, 0.3) is 11.8 Å². The van der Waals surface area contributed by atoms with Crippen LogP contribution in [0.1, 0.15) is 33.2 Å². The van der Waals surface area contributed by atoms with Gasteiger partial charge in [0.1, 0.15) is 0 Å². The van der Waals surface area contributed by atoms with Crippen molar-refractivity contribution in [3.8, 4) is 5.75 Å². The van der Waals surface area contributed by atoms with Gasteiger partial charge in [-0.1, -0.05) is 42.3 Å². The Morgan fingerprint density at radius 1 is 0.886 bits per heavy atom. The molecule has 1 N–H and O–H groups in total. The molecule has 1 aliphatic rings. The molecule has 0 aliphatic carbocycles. The second kappa shape index (κ2) is 11.0. The summed E-state index contributed by atoms with van der Waals surface area (Å²) in [6.07, 6.45) is 0.958. The van der Waals surface area contributed by atoms with Crippen LogP contribution in [-0.2, 0) is 6.42 Å². The molecule has 0 aromatic heterocycles. The lowest BCUT2D eigenvalue weighted by molar-refractivity contribution is 0.0746. The van der Waals surface area contributed by atoms with Crippen molar-refractivity contribution in [3.05, 3.63) is 87.4 Å². The monoisotopic (exact) mass is 511 g/mol. The molecule has 0 atom stereocenters. The largest absolute Gasteiger partial charge is 0.494 e. The molecule has 4 rings (SSSR count). The first kappa shape index (κ1) is 24.9. The number of nitrogens with zero attached hydrogens (tertiary/aromatic N) is 2. The number of amides is 2. The Labute approximate surface area is 215 Å². The number of carbonyl (C=O) groups is 2. The number of aryl methyl sites for hydroxylation is 1. The molecule has 0 radical (unpaired) electrons. The van der Waals surface area contributed by atoms with E-state index in [-0.39, 0.29) is 21.9 Å². The Kier molecular flexibility index (Phi) is 7.83. The van der Waals surface area contributed by atoms with Crippen LogP contribution in [0.2, 0.25) is 10.0 Å². The molecule has 1 fully saturated rings. The van der Waals surface area contributed by atoms with Crippen molar-refractivity contribution in [3.63, 3.8) is 0 Å². The fourth-order valence-corrected chi connectivity index (χ4v) is 4.72. The molecule has 6 nitrogen and oxygen atoms in total. The van der Waals surface area contributed by atoms with Gasteiger partial charge in [-0.05, 0) is 60.5 Å². The van der Waals surface area contributed by atoms with E-state index >= 15 is 0 Å². The minimum atomic E-state index is -0.316. The Morgan fingerprint density at radius 3 is 2.03 bits per heavy atom. The maximum absolute atomic E-state index is 12.8. The van der Waals surface area contributed by atoms with Crippen molar-refractivity contribution in [2.75, 3.05) is 43.5 Å². The number of piperazine rings is 1. The van der Waals surface area contributed by atoms with Gasteiger partial charge in [0.05, 0.1) is 17.2 Å². The number of rotatable bonds is 6. The average molecular weight is 512 g/mol. The molecule has 0 spiro atoms. The van der Waals surface area contributed by atoms with E-state index < -0.39 is 0 Å². The zero-order valence-electron chi connectivity index (χ0n) is 19.7. The van der Waals surface area contributed by atoms with Crippen molar-refractivity contribution in [2.24, 2.45) is 0 Å². The van der Waals surface area contributed by atoms with E-state index in [4.69, 9.17) is 27.9 Å². The molecule has 0 saturated carbocycles. The van der Waals surface area contributed by atoms with Crippen LogP contribution in [0.5, 0.6) is 5.75 Å². The summed E-state index contributed by atoms with van der Waals surface area (Å²) < 4.78 is 5.13. The molecule has 35 heavy (non-hydrogen) atoms. The van der Waals surface area contributed by atoms with Gasteiger partial charge in [-0.15, -0.1) is 0 Å². The molecule has 1 heterocycles. The summed E-state index contributed by atoms with van der Waals surface area (Å²) in [5.74, 6) is 0.0952. The van der Waals surface area contributed by atoms with Gasteiger partial charge in [0.15, 0.2) is 5.75 Å². The lowest BCUT2D eigenvalue weighted by Gasteiger charge is -2.36. The summed E-state index contributed by atoms with van der Waals surface area (Å²) in [7, 11) is 1.47. The summed E-state index contributed by atoms with van der Waals surface area (Å²) >= 11 is 12.3. The predicted molar refractivity (Wildman–Crippen MR) is 141 cm³/mol. The fraction of sp³-hybridized carbons (Fsp3) is 0.259. The van der Waals surface area contributed by atoms with Gasteiger partial charge in [0.2, 0.25) is 0 Å². The van der Waals surface area contributed by atoms with Crippen molar-refractivity contribution in [1.82, 2.24) is 4.90 Å². The van der Waals surface area contributed by atoms with Crippen LogP contribution in [-0.4, -0.2) is 50.0 Å². The molecule has 3 aromatic rings. The first-order valence-corrected chi connectivity index (χ1v) is 12.2. The first-order valence-electron chi connectivity index (χ1n) is 11.5. The maximum Gasteiger partial charge on any atom is 0.255 e. The summed E-state index contributed by atoms with van der Waals surface area (Å²) in [6, 6.07) is 18.5. The van der Waals surface area contributed by atoms with Gasteiger partial charge in [-0.2, -0.15) is 0 Å². The normalized spacial score (nSPS) is 13.5. The summed E-state index contributed by atoms with van der Waals surface area (Å²) in [5, 5.41) is 3.41. The number of benzene rings is 3.